The number of hydrogen-bond donors (Lipinski definition) is 1. The third-order valence-corrected chi connectivity index (χ3v) is 4.21. The Balaban J connectivity index is 1.73. The zero-order valence-corrected chi connectivity index (χ0v) is 11.9. The van der Waals surface area contributed by atoms with E-state index in [0.717, 1.165) is 13.0 Å². The largest absolute Gasteiger partial charge is 0.319 e. The van der Waals surface area contributed by atoms with Crippen LogP contribution in [-0.2, 0) is 13.0 Å². The number of rotatable bonds is 2. The quantitative estimate of drug-likeness (QED) is 0.750. The molecule has 1 aliphatic heterocycles. The van der Waals surface area contributed by atoms with E-state index in [4.69, 9.17) is 0 Å². The van der Waals surface area contributed by atoms with Crippen LogP contribution in [0, 0.1) is 0 Å². The smallest absolute Gasteiger partial charge is 0.0522 e. The summed E-state index contributed by atoms with van der Waals surface area (Å²) in [6.45, 7) is 0.912. The van der Waals surface area contributed by atoms with E-state index < -0.39 is 0 Å². The van der Waals surface area contributed by atoms with E-state index >= 15 is 0 Å². The van der Waals surface area contributed by atoms with Crippen LogP contribution < -0.4 is 5.32 Å². The summed E-state index contributed by atoms with van der Waals surface area (Å²) >= 11 is 0. The predicted molar refractivity (Wildman–Crippen MR) is 85.5 cm³/mol. The summed E-state index contributed by atoms with van der Waals surface area (Å²) in [5, 5.41) is 3.71. The summed E-state index contributed by atoms with van der Waals surface area (Å²) in [6.07, 6.45) is 3.18. The van der Waals surface area contributed by atoms with Gasteiger partial charge in [0, 0.05) is 24.1 Å². The van der Waals surface area contributed by atoms with Crippen LogP contribution in [0.4, 0.5) is 0 Å². The van der Waals surface area contributed by atoms with Crippen molar-refractivity contribution in [3.05, 3.63) is 89.7 Å². The third-order valence-electron chi connectivity index (χ3n) is 4.21. The van der Waals surface area contributed by atoms with Gasteiger partial charge in [-0.05, 0) is 35.7 Å². The first-order valence-electron chi connectivity index (χ1n) is 7.45. The highest BCUT2D eigenvalue weighted by Crippen LogP contribution is 2.28. The van der Waals surface area contributed by atoms with Gasteiger partial charge < -0.3 is 9.88 Å². The van der Waals surface area contributed by atoms with Gasteiger partial charge in [-0.25, -0.2) is 0 Å². The number of fused-ring (bicyclic) bond motifs is 3. The van der Waals surface area contributed by atoms with Crippen molar-refractivity contribution in [1.29, 1.82) is 0 Å². The van der Waals surface area contributed by atoms with Crippen molar-refractivity contribution < 1.29 is 0 Å². The van der Waals surface area contributed by atoms with Crippen LogP contribution in [0.5, 0.6) is 0 Å². The number of aromatic nitrogens is 1. The summed E-state index contributed by atoms with van der Waals surface area (Å²) in [7, 11) is 0. The molecule has 1 aliphatic rings. The van der Waals surface area contributed by atoms with Gasteiger partial charge in [0.05, 0.1) is 6.04 Å². The average Bonchev–Trinajstić information content (AvgIpc) is 2.97. The minimum Gasteiger partial charge on any atom is -0.319 e. The topological polar surface area (TPSA) is 17.0 Å². The number of benzene rings is 2. The second-order valence-electron chi connectivity index (χ2n) is 5.55. The summed E-state index contributed by atoms with van der Waals surface area (Å²) in [5.41, 5.74) is 5.35. The summed E-state index contributed by atoms with van der Waals surface area (Å²) in [4.78, 5) is 0. The minimum absolute atomic E-state index is 0.342. The standard InChI is InChI=1S/C19H18N2/c1-2-7-15(8-3-1)13-17-19-11-6-12-21(19)18-10-5-4-9-16(18)14-20-17/h1-12,17,20H,13-14H2. The van der Waals surface area contributed by atoms with Crippen LogP contribution >= 0.6 is 0 Å². The number of nitrogens with one attached hydrogen (secondary N) is 1. The molecule has 0 saturated carbocycles. The SMILES string of the molecule is c1ccc(CC2NCc3ccccc3-n3cccc32)cc1. The molecule has 2 nitrogen and oxygen atoms in total. The fourth-order valence-electron chi connectivity index (χ4n) is 3.16. The lowest BCUT2D eigenvalue weighted by atomic mass is 10.0. The molecule has 1 unspecified atom stereocenters. The third kappa shape index (κ3) is 2.28. The van der Waals surface area contributed by atoms with E-state index in [2.05, 4.69) is 82.8 Å². The van der Waals surface area contributed by atoms with Gasteiger partial charge in [-0.3, -0.25) is 0 Å². The second kappa shape index (κ2) is 5.23. The molecule has 0 saturated heterocycles. The molecular formula is C19H18N2. The molecular weight excluding hydrogens is 256 g/mol. The van der Waals surface area contributed by atoms with Crippen molar-refractivity contribution in [2.24, 2.45) is 0 Å². The minimum atomic E-state index is 0.342. The Morgan fingerprint density at radius 3 is 2.62 bits per heavy atom. The molecule has 0 fully saturated rings. The van der Waals surface area contributed by atoms with Crippen molar-refractivity contribution in [2.45, 2.75) is 19.0 Å². The predicted octanol–water partition coefficient (Wildman–Crippen LogP) is 3.86. The Labute approximate surface area is 125 Å². The van der Waals surface area contributed by atoms with Gasteiger partial charge in [0.1, 0.15) is 0 Å². The first-order chi connectivity index (χ1) is 10.4. The lowest BCUT2D eigenvalue weighted by molar-refractivity contribution is 0.525. The highest BCUT2D eigenvalue weighted by Gasteiger charge is 2.21. The lowest BCUT2D eigenvalue weighted by Crippen LogP contribution is -2.22. The maximum atomic E-state index is 3.71. The fourth-order valence-corrected chi connectivity index (χ4v) is 3.16. The lowest BCUT2D eigenvalue weighted by Gasteiger charge is -2.17. The van der Waals surface area contributed by atoms with E-state index in [1.807, 2.05) is 0 Å². The van der Waals surface area contributed by atoms with E-state index in [9.17, 15) is 0 Å². The van der Waals surface area contributed by atoms with Gasteiger partial charge >= 0.3 is 0 Å². The number of hydrogen-bond acceptors (Lipinski definition) is 1. The molecule has 1 atom stereocenters. The van der Waals surface area contributed by atoms with Crippen molar-refractivity contribution in [3.63, 3.8) is 0 Å². The van der Waals surface area contributed by atoms with Gasteiger partial charge in [0.2, 0.25) is 0 Å². The Hall–Kier alpha value is -2.32. The van der Waals surface area contributed by atoms with E-state index in [1.54, 1.807) is 0 Å². The molecule has 0 bridgehead atoms. The Morgan fingerprint density at radius 1 is 0.905 bits per heavy atom. The second-order valence-corrected chi connectivity index (χ2v) is 5.55. The Morgan fingerprint density at radius 2 is 1.71 bits per heavy atom. The van der Waals surface area contributed by atoms with Crippen LogP contribution in [-0.4, -0.2) is 4.57 Å². The van der Waals surface area contributed by atoms with Crippen molar-refractivity contribution in [3.8, 4) is 5.69 Å². The molecule has 21 heavy (non-hydrogen) atoms. The van der Waals surface area contributed by atoms with Crippen molar-refractivity contribution in [2.75, 3.05) is 0 Å². The summed E-state index contributed by atoms with van der Waals surface area (Å²) < 4.78 is 2.32. The molecule has 1 aromatic heterocycles. The van der Waals surface area contributed by atoms with Crippen LogP contribution in [0.1, 0.15) is 22.9 Å². The van der Waals surface area contributed by atoms with Crippen LogP contribution in [0.25, 0.3) is 5.69 Å². The van der Waals surface area contributed by atoms with Crippen LogP contribution in [0.15, 0.2) is 72.9 Å². The van der Waals surface area contributed by atoms with Gasteiger partial charge in [-0.1, -0.05) is 48.5 Å². The number of nitrogens with zero attached hydrogens (tertiary/aromatic N) is 1. The van der Waals surface area contributed by atoms with E-state index in [0.29, 0.717) is 6.04 Å². The maximum Gasteiger partial charge on any atom is 0.0522 e. The summed E-state index contributed by atoms with van der Waals surface area (Å²) in [6, 6.07) is 24.0. The fraction of sp³-hybridized carbons (Fsp3) is 0.158. The molecule has 0 radical (unpaired) electrons. The molecule has 2 aromatic carbocycles. The van der Waals surface area contributed by atoms with Gasteiger partial charge in [0.25, 0.3) is 0 Å². The van der Waals surface area contributed by atoms with Crippen molar-refractivity contribution >= 4 is 0 Å². The monoisotopic (exact) mass is 274 g/mol. The molecule has 1 N–H and O–H groups in total. The molecule has 2 heterocycles. The summed E-state index contributed by atoms with van der Waals surface area (Å²) in [5.74, 6) is 0. The van der Waals surface area contributed by atoms with Gasteiger partial charge in [-0.15, -0.1) is 0 Å². The first kappa shape index (κ1) is 12.4. The van der Waals surface area contributed by atoms with Crippen LogP contribution in [0.3, 0.4) is 0 Å². The van der Waals surface area contributed by atoms with Gasteiger partial charge in [-0.2, -0.15) is 0 Å². The molecule has 2 heteroatoms. The zero-order valence-electron chi connectivity index (χ0n) is 11.9. The molecule has 4 rings (SSSR count). The Kier molecular flexibility index (Phi) is 3.09. The normalized spacial score (nSPS) is 16.9. The molecule has 104 valence electrons. The van der Waals surface area contributed by atoms with Crippen LogP contribution in [0.2, 0.25) is 0 Å². The van der Waals surface area contributed by atoms with E-state index in [-0.39, 0.29) is 0 Å². The molecule has 0 amide bonds. The highest BCUT2D eigenvalue weighted by molar-refractivity contribution is 5.45. The molecule has 0 aliphatic carbocycles. The molecule has 0 spiro atoms. The molecule has 3 aromatic rings. The van der Waals surface area contributed by atoms with E-state index in [1.165, 1.54) is 22.5 Å². The zero-order chi connectivity index (χ0) is 14.1. The van der Waals surface area contributed by atoms with Gasteiger partial charge in [0.15, 0.2) is 0 Å². The highest BCUT2D eigenvalue weighted by atomic mass is 15.1. The number of para-hydroxylation sites is 1. The maximum absolute atomic E-state index is 3.71. The first-order valence-corrected chi connectivity index (χ1v) is 7.45. The average molecular weight is 274 g/mol. The Bertz CT molecular complexity index is 743. The van der Waals surface area contributed by atoms with Crippen molar-refractivity contribution in [1.82, 2.24) is 9.88 Å².